The fourth-order valence-corrected chi connectivity index (χ4v) is 11.1. The van der Waals surface area contributed by atoms with Gasteiger partial charge in [-0.15, -0.1) is 0 Å². The van der Waals surface area contributed by atoms with Crippen molar-refractivity contribution in [3.63, 3.8) is 0 Å². The number of ketones is 1. The summed E-state index contributed by atoms with van der Waals surface area (Å²) in [6.45, 7) is 22.2. The first-order chi connectivity index (χ1) is 19.8. The van der Waals surface area contributed by atoms with Gasteiger partial charge in [-0.05, 0) is 112 Å². The summed E-state index contributed by atoms with van der Waals surface area (Å²) in [5, 5.41) is 8.71. The molecule has 6 rings (SSSR count). The van der Waals surface area contributed by atoms with Crippen LogP contribution in [0, 0.1) is 44.8 Å². The number of nitrogens with zero attached hydrogens (tertiary/aromatic N) is 2. The van der Waals surface area contributed by atoms with Crippen molar-refractivity contribution < 1.29 is 18.8 Å². The molecule has 7 nitrogen and oxygen atoms in total. The Bertz CT molecular complexity index is 1400. The average molecular weight is 592 g/mol. The summed E-state index contributed by atoms with van der Waals surface area (Å²) in [6.07, 6.45) is 13.5. The average Bonchev–Trinajstić information content (AvgIpc) is 3.34. The molecule has 7 heteroatoms. The Morgan fingerprint density at radius 3 is 2.47 bits per heavy atom. The van der Waals surface area contributed by atoms with Gasteiger partial charge in [0.1, 0.15) is 11.4 Å². The zero-order valence-electron chi connectivity index (χ0n) is 28.1. The smallest absolute Gasteiger partial charge is 0.428 e. The molecule has 236 valence electrons. The van der Waals surface area contributed by atoms with Crippen molar-refractivity contribution in [2.75, 3.05) is 0 Å². The number of ether oxygens (including phenoxy) is 1. The largest absolute Gasteiger partial charge is 0.443 e. The molecule has 7 atom stereocenters. The highest BCUT2D eigenvalue weighted by Crippen LogP contribution is 2.74. The predicted molar refractivity (Wildman–Crippen MR) is 168 cm³/mol. The quantitative estimate of drug-likeness (QED) is 0.276. The normalized spacial score (nSPS) is 41.2. The monoisotopic (exact) mass is 591 g/mol. The molecule has 0 radical (unpaired) electrons. The molecule has 0 saturated heterocycles. The lowest BCUT2D eigenvalue weighted by atomic mass is 9.34. The maximum Gasteiger partial charge on any atom is 0.428 e. The van der Waals surface area contributed by atoms with Crippen molar-refractivity contribution in [2.45, 2.75) is 132 Å². The molecule has 43 heavy (non-hydrogen) atoms. The van der Waals surface area contributed by atoms with Gasteiger partial charge >= 0.3 is 6.09 Å². The third-order valence-corrected chi connectivity index (χ3v) is 13.3. The summed E-state index contributed by atoms with van der Waals surface area (Å²) in [5.74, 6) is 1.79. The van der Waals surface area contributed by atoms with Crippen LogP contribution in [-0.2, 0) is 21.4 Å². The highest BCUT2D eigenvalue weighted by atomic mass is 16.6. The summed E-state index contributed by atoms with van der Waals surface area (Å²) in [5.41, 5.74) is 4.01. The van der Waals surface area contributed by atoms with Crippen molar-refractivity contribution >= 4 is 18.1 Å². The molecular weight excluding hydrogens is 538 g/mol. The first kappa shape index (κ1) is 30.6. The van der Waals surface area contributed by atoms with Gasteiger partial charge < -0.3 is 9.26 Å². The van der Waals surface area contributed by atoms with E-state index in [2.05, 4.69) is 70.2 Å². The highest BCUT2D eigenvalue weighted by Gasteiger charge is 2.69. The third-order valence-electron chi connectivity index (χ3n) is 13.3. The number of hydrogen-bond acceptors (Lipinski definition) is 6. The summed E-state index contributed by atoms with van der Waals surface area (Å²) in [4.78, 5) is 27.1. The Balaban J connectivity index is 1.40. The fourth-order valence-electron chi connectivity index (χ4n) is 11.1. The van der Waals surface area contributed by atoms with Crippen LogP contribution in [-0.4, -0.2) is 28.8 Å². The number of carbonyl (C=O) groups excluding carboxylic acids is 2. The number of fused-ring (bicyclic) bond motifs is 8. The van der Waals surface area contributed by atoms with Gasteiger partial charge in [0.2, 0.25) is 0 Å². The lowest BCUT2D eigenvalue weighted by molar-refractivity contribution is -0.161. The van der Waals surface area contributed by atoms with Gasteiger partial charge in [0.15, 0.2) is 5.78 Å². The third kappa shape index (κ3) is 4.40. The number of nitrogens with one attached hydrogen (secondary N) is 1. The van der Waals surface area contributed by atoms with E-state index >= 15 is 0 Å². The zero-order valence-corrected chi connectivity index (χ0v) is 28.1. The van der Waals surface area contributed by atoms with Crippen molar-refractivity contribution in [3.8, 4) is 0 Å². The van der Waals surface area contributed by atoms with Crippen LogP contribution in [0.15, 0.2) is 27.5 Å². The molecule has 1 aromatic rings. The van der Waals surface area contributed by atoms with E-state index in [4.69, 9.17) is 9.26 Å². The molecule has 0 bridgehead atoms. The molecule has 0 spiro atoms. The molecular formula is C36H53N3O4. The second kappa shape index (κ2) is 9.29. The number of aromatic nitrogens is 1. The number of hydrazone groups is 1. The molecule has 0 aromatic carbocycles. The van der Waals surface area contributed by atoms with Crippen LogP contribution in [0.5, 0.6) is 0 Å². The van der Waals surface area contributed by atoms with E-state index in [-0.39, 0.29) is 44.3 Å². The van der Waals surface area contributed by atoms with Gasteiger partial charge in [0.25, 0.3) is 0 Å². The molecule has 3 fully saturated rings. The molecule has 1 N–H and O–H groups in total. The Morgan fingerprint density at radius 2 is 1.77 bits per heavy atom. The van der Waals surface area contributed by atoms with E-state index in [1.54, 1.807) is 0 Å². The Kier molecular flexibility index (Phi) is 6.61. The van der Waals surface area contributed by atoms with Gasteiger partial charge in [-0.3, -0.25) is 4.79 Å². The van der Waals surface area contributed by atoms with E-state index in [0.29, 0.717) is 11.7 Å². The second-order valence-electron chi connectivity index (χ2n) is 17.9. The van der Waals surface area contributed by atoms with Crippen LogP contribution >= 0.6 is 0 Å². The molecule has 1 amide bonds. The van der Waals surface area contributed by atoms with Crippen LogP contribution in [0.4, 0.5) is 4.79 Å². The van der Waals surface area contributed by atoms with Crippen LogP contribution < -0.4 is 5.43 Å². The summed E-state index contributed by atoms with van der Waals surface area (Å²) in [7, 11) is 0. The fraction of sp³-hybridized carbons (Fsp3) is 0.778. The topological polar surface area (TPSA) is 93.8 Å². The predicted octanol–water partition coefficient (Wildman–Crippen LogP) is 8.18. The molecule has 5 aliphatic carbocycles. The molecule has 0 unspecified atom stereocenters. The maximum atomic E-state index is 14.7. The first-order valence-corrected chi connectivity index (χ1v) is 16.5. The minimum Gasteiger partial charge on any atom is -0.443 e. The summed E-state index contributed by atoms with van der Waals surface area (Å²) < 4.78 is 11.3. The van der Waals surface area contributed by atoms with E-state index in [0.717, 1.165) is 57.1 Å². The zero-order chi connectivity index (χ0) is 31.4. The van der Waals surface area contributed by atoms with Crippen molar-refractivity contribution in [1.29, 1.82) is 0 Å². The number of amides is 1. The van der Waals surface area contributed by atoms with Crippen molar-refractivity contribution in [2.24, 2.45) is 49.9 Å². The second-order valence-corrected chi connectivity index (χ2v) is 17.9. The van der Waals surface area contributed by atoms with Gasteiger partial charge in [-0.1, -0.05) is 59.2 Å². The summed E-state index contributed by atoms with van der Waals surface area (Å²) in [6, 6.07) is 0. The number of allylic oxidation sites excluding steroid dienone is 2. The van der Waals surface area contributed by atoms with E-state index in [1.165, 1.54) is 11.1 Å². The molecule has 0 aliphatic heterocycles. The minimum absolute atomic E-state index is 0.0783. The summed E-state index contributed by atoms with van der Waals surface area (Å²) >= 11 is 0. The number of carbonyl (C=O) groups is 2. The Morgan fingerprint density at radius 1 is 1.07 bits per heavy atom. The Labute approximate surface area is 258 Å². The molecule has 5 aliphatic rings. The van der Waals surface area contributed by atoms with E-state index in [9.17, 15) is 9.59 Å². The van der Waals surface area contributed by atoms with Gasteiger partial charge in [-0.25, -0.2) is 10.2 Å². The molecule has 3 saturated carbocycles. The SMILES string of the molecule is CC1(C)CC[C@]2(/C=N/NC(=O)OC(C)(C)C)CC[C@]3(C)[C@H](C(=O)C=C4[C@@]5(C)Cc6cnoc6C(C)(C)[C@@H]5CC[C@]43C)[C@@H]2C1. The van der Waals surface area contributed by atoms with Gasteiger partial charge in [0.05, 0.1) is 6.20 Å². The van der Waals surface area contributed by atoms with Gasteiger partial charge in [-0.2, -0.15) is 5.10 Å². The van der Waals surface area contributed by atoms with Crippen molar-refractivity contribution in [3.05, 3.63) is 29.2 Å². The molecule has 1 heterocycles. The maximum absolute atomic E-state index is 14.7. The van der Waals surface area contributed by atoms with Gasteiger partial charge in [0, 0.05) is 28.5 Å². The minimum atomic E-state index is -0.588. The molecule has 1 aromatic heterocycles. The Hall–Kier alpha value is -2.44. The number of hydrogen-bond donors (Lipinski definition) is 1. The lowest BCUT2D eigenvalue weighted by Crippen LogP contribution is -2.65. The van der Waals surface area contributed by atoms with Crippen LogP contribution in [0.3, 0.4) is 0 Å². The van der Waals surface area contributed by atoms with Crippen LogP contribution in [0.2, 0.25) is 0 Å². The first-order valence-electron chi connectivity index (χ1n) is 16.5. The highest BCUT2D eigenvalue weighted by molar-refractivity contribution is 5.96. The van der Waals surface area contributed by atoms with Crippen LogP contribution in [0.1, 0.15) is 126 Å². The lowest BCUT2D eigenvalue weighted by Gasteiger charge is -2.69. The van der Waals surface area contributed by atoms with E-state index < -0.39 is 11.7 Å². The van der Waals surface area contributed by atoms with Crippen molar-refractivity contribution in [1.82, 2.24) is 10.6 Å². The standard InChI is InChI=1S/C36H53N3O4/c1-30(2,3)42-29(41)39-37-21-36-15-13-31(4,5)19-23(36)27-24(40)17-26-33(8)18-22-20-38-43-28(22)32(6,7)25(33)11-12-34(26,9)35(27,10)14-16-36/h17,20-21,23,25,27H,11-16,18-19H2,1-10H3,(H,39,41)/b37-21+/t23-,25-,27-,33-,34+,35+,36+/m0/s1. The number of rotatable bonds is 2. The van der Waals surface area contributed by atoms with E-state index in [1.807, 2.05) is 33.2 Å². The van der Waals surface area contributed by atoms with Crippen LogP contribution in [0.25, 0.3) is 0 Å².